The number of carbonyl (C=O) groups excluding carboxylic acids is 1. The minimum atomic E-state index is 0.0211. The number of hydrogen-bond acceptors (Lipinski definition) is 3. The lowest BCUT2D eigenvalue weighted by atomic mass is 10.1. The highest BCUT2D eigenvalue weighted by atomic mass is 16.2. The van der Waals surface area contributed by atoms with Crippen LogP contribution in [-0.4, -0.2) is 17.9 Å². The first-order chi connectivity index (χ1) is 8.66. The van der Waals surface area contributed by atoms with E-state index in [0.717, 1.165) is 11.3 Å². The van der Waals surface area contributed by atoms with Gasteiger partial charge in [0.2, 0.25) is 5.91 Å². The van der Waals surface area contributed by atoms with E-state index < -0.39 is 0 Å². The Hall–Kier alpha value is -2.36. The van der Waals surface area contributed by atoms with Crippen molar-refractivity contribution in [2.75, 3.05) is 17.7 Å². The molecule has 0 atom stereocenters. The van der Waals surface area contributed by atoms with Crippen LogP contribution < -0.4 is 10.6 Å². The van der Waals surface area contributed by atoms with Crippen molar-refractivity contribution >= 4 is 17.3 Å². The minimum Gasteiger partial charge on any atom is -0.399 e. The normalized spacial score (nSPS) is 10.1. The summed E-state index contributed by atoms with van der Waals surface area (Å²) in [7, 11) is 1.75. The summed E-state index contributed by atoms with van der Waals surface area (Å²) >= 11 is 0. The Kier molecular flexibility index (Phi) is 3.57. The maximum atomic E-state index is 12.1. The Bertz CT molecular complexity index is 522. The fraction of sp³-hybridized carbons (Fsp3) is 0.143. The molecular formula is C14H15N3O. The maximum Gasteiger partial charge on any atom is 0.231 e. The monoisotopic (exact) mass is 241 g/mol. The third kappa shape index (κ3) is 2.85. The number of amides is 1. The zero-order valence-electron chi connectivity index (χ0n) is 10.2. The van der Waals surface area contributed by atoms with Gasteiger partial charge in [-0.2, -0.15) is 0 Å². The van der Waals surface area contributed by atoms with Gasteiger partial charge in [-0.25, -0.2) is 0 Å². The molecule has 18 heavy (non-hydrogen) atoms. The van der Waals surface area contributed by atoms with Crippen molar-refractivity contribution in [3.63, 3.8) is 0 Å². The average molecular weight is 241 g/mol. The molecule has 0 radical (unpaired) electrons. The first-order valence-electron chi connectivity index (χ1n) is 5.68. The van der Waals surface area contributed by atoms with E-state index in [1.165, 1.54) is 0 Å². The number of benzene rings is 1. The Morgan fingerprint density at radius 3 is 2.61 bits per heavy atom. The van der Waals surface area contributed by atoms with Gasteiger partial charge in [-0.15, -0.1) is 0 Å². The second-order valence-corrected chi connectivity index (χ2v) is 4.08. The average Bonchev–Trinajstić information content (AvgIpc) is 2.41. The molecule has 4 heteroatoms. The number of rotatable bonds is 3. The highest BCUT2D eigenvalue weighted by Crippen LogP contribution is 2.12. The predicted molar refractivity (Wildman–Crippen MR) is 72.2 cm³/mol. The van der Waals surface area contributed by atoms with E-state index in [1.54, 1.807) is 36.5 Å². The van der Waals surface area contributed by atoms with E-state index >= 15 is 0 Å². The van der Waals surface area contributed by atoms with Crippen LogP contribution in [0.15, 0.2) is 48.8 Å². The lowest BCUT2D eigenvalue weighted by Crippen LogP contribution is -2.27. The molecule has 2 N–H and O–H groups in total. The first kappa shape index (κ1) is 12.1. The number of nitrogens with two attached hydrogens (primary N) is 1. The van der Waals surface area contributed by atoms with Crippen LogP contribution in [0.25, 0.3) is 0 Å². The van der Waals surface area contributed by atoms with Gasteiger partial charge < -0.3 is 10.6 Å². The van der Waals surface area contributed by atoms with Crippen LogP contribution in [0.5, 0.6) is 0 Å². The van der Waals surface area contributed by atoms with E-state index in [-0.39, 0.29) is 5.91 Å². The highest BCUT2D eigenvalue weighted by molar-refractivity contribution is 5.94. The summed E-state index contributed by atoms with van der Waals surface area (Å²) in [5.41, 5.74) is 8.04. The lowest BCUT2D eigenvalue weighted by Gasteiger charge is -2.16. The molecular weight excluding hydrogens is 226 g/mol. The number of anilines is 2. The Balaban J connectivity index is 2.06. The third-order valence-electron chi connectivity index (χ3n) is 2.74. The van der Waals surface area contributed by atoms with Gasteiger partial charge in [-0.1, -0.05) is 12.1 Å². The van der Waals surface area contributed by atoms with Crippen LogP contribution in [-0.2, 0) is 11.2 Å². The topological polar surface area (TPSA) is 59.2 Å². The minimum absolute atomic E-state index is 0.0211. The lowest BCUT2D eigenvalue weighted by molar-refractivity contribution is -0.117. The third-order valence-corrected chi connectivity index (χ3v) is 2.74. The van der Waals surface area contributed by atoms with E-state index in [0.29, 0.717) is 12.1 Å². The number of carbonyl (C=O) groups is 1. The number of pyridine rings is 1. The van der Waals surface area contributed by atoms with Gasteiger partial charge in [0.05, 0.1) is 18.3 Å². The number of hydrogen-bond donors (Lipinski definition) is 1. The molecule has 1 heterocycles. The van der Waals surface area contributed by atoms with Gasteiger partial charge >= 0.3 is 0 Å². The van der Waals surface area contributed by atoms with E-state index in [9.17, 15) is 4.79 Å². The van der Waals surface area contributed by atoms with Crippen molar-refractivity contribution in [2.24, 2.45) is 0 Å². The van der Waals surface area contributed by atoms with Gasteiger partial charge in [0.15, 0.2) is 0 Å². The summed E-state index contributed by atoms with van der Waals surface area (Å²) < 4.78 is 0. The van der Waals surface area contributed by atoms with Gasteiger partial charge in [-0.3, -0.25) is 9.78 Å². The van der Waals surface area contributed by atoms with Crippen LogP contribution in [0.2, 0.25) is 0 Å². The smallest absolute Gasteiger partial charge is 0.231 e. The summed E-state index contributed by atoms with van der Waals surface area (Å²) in [5, 5.41) is 0. The molecule has 4 nitrogen and oxygen atoms in total. The molecule has 0 unspecified atom stereocenters. The molecule has 0 saturated carbocycles. The fourth-order valence-corrected chi connectivity index (χ4v) is 1.62. The van der Waals surface area contributed by atoms with Crippen molar-refractivity contribution in [1.29, 1.82) is 0 Å². The summed E-state index contributed by atoms with van der Waals surface area (Å²) in [4.78, 5) is 17.7. The Morgan fingerprint density at radius 1 is 1.28 bits per heavy atom. The molecule has 0 saturated heterocycles. The molecule has 0 fully saturated rings. The SMILES string of the molecule is CN(C(=O)Cc1ccc(N)cc1)c1cccnc1. The van der Waals surface area contributed by atoms with E-state index in [4.69, 9.17) is 5.73 Å². The summed E-state index contributed by atoms with van der Waals surface area (Å²) in [6.45, 7) is 0. The fourth-order valence-electron chi connectivity index (χ4n) is 1.62. The summed E-state index contributed by atoms with van der Waals surface area (Å²) in [6, 6.07) is 11.0. The van der Waals surface area contributed by atoms with Gasteiger partial charge in [0, 0.05) is 18.9 Å². The van der Waals surface area contributed by atoms with Gasteiger partial charge in [0.1, 0.15) is 0 Å². The zero-order chi connectivity index (χ0) is 13.0. The molecule has 2 aromatic rings. The first-order valence-corrected chi connectivity index (χ1v) is 5.68. The van der Waals surface area contributed by atoms with Gasteiger partial charge in [-0.05, 0) is 29.8 Å². The molecule has 1 aromatic carbocycles. The molecule has 0 aliphatic rings. The molecule has 1 amide bonds. The van der Waals surface area contributed by atoms with Crippen molar-refractivity contribution in [1.82, 2.24) is 4.98 Å². The standard InChI is InChI=1S/C14H15N3O/c1-17(13-3-2-8-16-10-13)14(18)9-11-4-6-12(15)7-5-11/h2-8,10H,9,15H2,1H3. The molecule has 2 rings (SSSR count). The van der Waals surface area contributed by atoms with Crippen LogP contribution in [0.4, 0.5) is 11.4 Å². The number of nitrogen functional groups attached to an aromatic ring is 1. The van der Waals surface area contributed by atoms with E-state index in [2.05, 4.69) is 4.98 Å². The molecule has 0 aliphatic heterocycles. The van der Waals surface area contributed by atoms with E-state index in [1.807, 2.05) is 24.3 Å². The zero-order valence-corrected chi connectivity index (χ0v) is 10.2. The molecule has 0 bridgehead atoms. The highest BCUT2D eigenvalue weighted by Gasteiger charge is 2.11. The number of aromatic nitrogens is 1. The van der Waals surface area contributed by atoms with Crippen molar-refractivity contribution in [3.8, 4) is 0 Å². The molecule has 0 aliphatic carbocycles. The van der Waals surface area contributed by atoms with Crippen LogP contribution >= 0.6 is 0 Å². The second-order valence-electron chi connectivity index (χ2n) is 4.08. The van der Waals surface area contributed by atoms with Crippen LogP contribution in [0.1, 0.15) is 5.56 Å². The quantitative estimate of drug-likeness (QED) is 0.834. The Morgan fingerprint density at radius 2 is 2.00 bits per heavy atom. The van der Waals surface area contributed by atoms with Gasteiger partial charge in [0.25, 0.3) is 0 Å². The van der Waals surface area contributed by atoms with Crippen LogP contribution in [0.3, 0.4) is 0 Å². The second kappa shape index (κ2) is 5.31. The summed E-state index contributed by atoms with van der Waals surface area (Å²) in [5.74, 6) is 0.0211. The largest absolute Gasteiger partial charge is 0.399 e. The number of likely N-dealkylation sites (N-methyl/N-ethyl adjacent to an activating group) is 1. The Labute approximate surface area is 106 Å². The van der Waals surface area contributed by atoms with Crippen molar-refractivity contribution in [3.05, 3.63) is 54.4 Å². The van der Waals surface area contributed by atoms with Crippen molar-refractivity contribution in [2.45, 2.75) is 6.42 Å². The molecule has 1 aromatic heterocycles. The van der Waals surface area contributed by atoms with Crippen molar-refractivity contribution < 1.29 is 4.79 Å². The predicted octanol–water partition coefficient (Wildman–Crippen LogP) is 1.87. The molecule has 92 valence electrons. The maximum absolute atomic E-state index is 12.1. The van der Waals surface area contributed by atoms with Crippen LogP contribution in [0, 0.1) is 0 Å². The summed E-state index contributed by atoms with van der Waals surface area (Å²) in [6.07, 6.45) is 3.70. The molecule has 0 spiro atoms. The number of nitrogens with zero attached hydrogens (tertiary/aromatic N) is 2.